The summed E-state index contributed by atoms with van der Waals surface area (Å²) in [6, 6.07) is 14.4. The Hall–Kier alpha value is -3.66. The van der Waals surface area contributed by atoms with Crippen LogP contribution in [-0.4, -0.2) is 43.4 Å². The number of fused-ring (bicyclic) bond motifs is 3. The van der Waals surface area contributed by atoms with Crippen molar-refractivity contribution in [3.63, 3.8) is 0 Å². The van der Waals surface area contributed by atoms with Crippen LogP contribution in [0.3, 0.4) is 0 Å². The molecule has 4 rings (SSSR count). The van der Waals surface area contributed by atoms with Crippen LogP contribution in [0, 0.1) is 5.92 Å². The van der Waals surface area contributed by atoms with Gasteiger partial charge < -0.3 is 5.32 Å². The normalized spacial score (nSPS) is 11.3. The van der Waals surface area contributed by atoms with Crippen molar-refractivity contribution in [3.8, 4) is 5.69 Å². The molecule has 34 heavy (non-hydrogen) atoms. The molecule has 0 saturated carbocycles. The van der Waals surface area contributed by atoms with Crippen molar-refractivity contribution in [1.29, 1.82) is 0 Å². The van der Waals surface area contributed by atoms with Crippen LogP contribution >= 0.6 is 11.8 Å². The highest BCUT2D eigenvalue weighted by atomic mass is 32.2. The van der Waals surface area contributed by atoms with Crippen molar-refractivity contribution in [2.24, 2.45) is 5.92 Å². The highest BCUT2D eigenvalue weighted by molar-refractivity contribution is 7.99. The molecule has 0 spiro atoms. The number of amides is 3. The third-order valence-electron chi connectivity index (χ3n) is 5.25. The number of urea groups is 1. The van der Waals surface area contributed by atoms with Gasteiger partial charge in [-0.05, 0) is 42.2 Å². The molecule has 2 heterocycles. The van der Waals surface area contributed by atoms with Gasteiger partial charge in [-0.2, -0.15) is 0 Å². The number of imide groups is 1. The lowest BCUT2D eigenvalue weighted by Gasteiger charge is -2.12. The lowest BCUT2D eigenvalue weighted by Crippen LogP contribution is -2.41. The van der Waals surface area contributed by atoms with Gasteiger partial charge in [0, 0.05) is 6.54 Å². The zero-order valence-electron chi connectivity index (χ0n) is 19.2. The van der Waals surface area contributed by atoms with E-state index in [1.54, 1.807) is 16.5 Å². The first-order chi connectivity index (χ1) is 16.4. The minimum Gasteiger partial charge on any atom is -0.338 e. The molecule has 0 saturated heterocycles. The van der Waals surface area contributed by atoms with E-state index in [9.17, 15) is 14.4 Å². The zero-order valence-corrected chi connectivity index (χ0v) is 20.1. The number of benzene rings is 2. The zero-order chi connectivity index (χ0) is 24.2. The predicted octanol–water partition coefficient (Wildman–Crippen LogP) is 3.17. The smallest absolute Gasteiger partial charge is 0.321 e. The Labute approximate surface area is 200 Å². The van der Waals surface area contributed by atoms with Crippen molar-refractivity contribution in [2.75, 3.05) is 12.3 Å². The number of thioether (sulfide) groups is 1. The Morgan fingerprint density at radius 2 is 1.79 bits per heavy atom. The van der Waals surface area contributed by atoms with Crippen molar-refractivity contribution >= 4 is 40.4 Å². The topological polar surface area (TPSA) is 110 Å². The average Bonchev–Trinajstić information content (AvgIpc) is 3.26. The fraction of sp³-hybridized carbons (Fsp3) is 0.292. The summed E-state index contributed by atoms with van der Waals surface area (Å²) in [7, 11) is 0. The van der Waals surface area contributed by atoms with Crippen molar-refractivity contribution in [2.45, 2.75) is 32.3 Å². The highest BCUT2D eigenvalue weighted by Gasteiger charge is 2.19. The molecule has 2 N–H and O–H groups in total. The first kappa shape index (κ1) is 23.5. The number of aromatic nitrogens is 4. The molecule has 0 unspecified atom stereocenters. The number of aryl methyl sites for hydroxylation is 1. The Bertz CT molecular complexity index is 1410. The van der Waals surface area contributed by atoms with Gasteiger partial charge in [-0.15, -0.1) is 10.2 Å². The molecule has 10 heteroatoms. The van der Waals surface area contributed by atoms with E-state index in [0.29, 0.717) is 34.1 Å². The van der Waals surface area contributed by atoms with Gasteiger partial charge in [0.05, 0.1) is 22.3 Å². The lowest BCUT2D eigenvalue weighted by molar-refractivity contribution is -0.117. The summed E-state index contributed by atoms with van der Waals surface area (Å²) >= 11 is 1.14. The van der Waals surface area contributed by atoms with E-state index in [4.69, 9.17) is 0 Å². The van der Waals surface area contributed by atoms with Crippen LogP contribution in [0.5, 0.6) is 0 Å². The maximum Gasteiger partial charge on any atom is 0.321 e. The van der Waals surface area contributed by atoms with E-state index in [1.165, 1.54) is 4.57 Å². The number of hydrogen-bond acceptors (Lipinski definition) is 6. The van der Waals surface area contributed by atoms with Crippen LogP contribution in [0.25, 0.3) is 22.4 Å². The number of para-hydroxylation sites is 1. The highest BCUT2D eigenvalue weighted by Crippen LogP contribution is 2.23. The molecule has 0 bridgehead atoms. The molecule has 0 atom stereocenters. The fourth-order valence-corrected chi connectivity index (χ4v) is 4.26. The molecule has 2 aromatic carbocycles. The van der Waals surface area contributed by atoms with E-state index in [2.05, 4.69) is 27.8 Å². The van der Waals surface area contributed by atoms with Crippen LogP contribution in [0.2, 0.25) is 0 Å². The average molecular weight is 479 g/mol. The first-order valence-corrected chi connectivity index (χ1v) is 12.1. The molecule has 2 aromatic heterocycles. The molecule has 0 aliphatic rings. The Balaban J connectivity index is 1.68. The number of carbonyl (C=O) groups is 2. The minimum absolute atomic E-state index is 0.0332. The van der Waals surface area contributed by atoms with Crippen LogP contribution in [0.15, 0.2) is 58.5 Å². The van der Waals surface area contributed by atoms with Crippen molar-refractivity contribution < 1.29 is 9.59 Å². The second-order valence-electron chi connectivity index (χ2n) is 8.24. The third kappa shape index (κ3) is 4.81. The monoisotopic (exact) mass is 478 g/mol. The summed E-state index contributed by atoms with van der Waals surface area (Å²) in [5.74, 6) is 0.150. The molecule has 0 aliphatic heterocycles. The van der Waals surface area contributed by atoms with Crippen molar-refractivity contribution in [1.82, 2.24) is 29.8 Å². The van der Waals surface area contributed by atoms with Gasteiger partial charge in [0.25, 0.3) is 5.56 Å². The second kappa shape index (κ2) is 10.1. The van der Waals surface area contributed by atoms with Crippen LogP contribution in [0.4, 0.5) is 4.79 Å². The lowest BCUT2D eigenvalue weighted by atomic mass is 10.1. The second-order valence-corrected chi connectivity index (χ2v) is 9.18. The summed E-state index contributed by atoms with van der Waals surface area (Å²) in [4.78, 5) is 37.5. The maximum absolute atomic E-state index is 13.4. The quantitative estimate of drug-likeness (QED) is 0.395. The summed E-state index contributed by atoms with van der Waals surface area (Å²) in [6.07, 6.45) is 0.894. The predicted molar refractivity (Wildman–Crippen MR) is 133 cm³/mol. The summed E-state index contributed by atoms with van der Waals surface area (Å²) in [5, 5.41) is 14.5. The number of nitrogens with one attached hydrogen (secondary N) is 2. The molecule has 0 fully saturated rings. The fourth-order valence-electron chi connectivity index (χ4n) is 3.52. The van der Waals surface area contributed by atoms with Gasteiger partial charge in [-0.25, -0.2) is 9.36 Å². The Kier molecular flexibility index (Phi) is 6.97. The molecular weight excluding hydrogens is 452 g/mol. The molecule has 176 valence electrons. The van der Waals surface area contributed by atoms with Gasteiger partial charge in [0.2, 0.25) is 11.7 Å². The molecule has 3 amide bonds. The van der Waals surface area contributed by atoms with Crippen molar-refractivity contribution in [3.05, 3.63) is 64.4 Å². The van der Waals surface area contributed by atoms with Crippen LogP contribution in [-0.2, 0) is 11.2 Å². The van der Waals surface area contributed by atoms with E-state index in [0.717, 1.165) is 23.7 Å². The van der Waals surface area contributed by atoms with E-state index < -0.39 is 11.9 Å². The number of carbonyl (C=O) groups excluding carboxylic acids is 2. The van der Waals surface area contributed by atoms with Crippen LogP contribution in [0.1, 0.15) is 26.3 Å². The summed E-state index contributed by atoms with van der Waals surface area (Å²) in [5.41, 5.74) is 2.29. The van der Waals surface area contributed by atoms with E-state index >= 15 is 0 Å². The van der Waals surface area contributed by atoms with Crippen LogP contribution < -0.4 is 16.2 Å². The number of rotatable bonds is 7. The van der Waals surface area contributed by atoms with Gasteiger partial charge in [0.1, 0.15) is 0 Å². The molecule has 0 aliphatic carbocycles. The first-order valence-electron chi connectivity index (χ1n) is 11.1. The maximum atomic E-state index is 13.4. The molecule has 9 nitrogen and oxygen atoms in total. The van der Waals surface area contributed by atoms with E-state index in [-0.39, 0.29) is 17.2 Å². The Morgan fingerprint density at radius 1 is 1.06 bits per heavy atom. The summed E-state index contributed by atoms with van der Waals surface area (Å²) in [6.45, 7) is 6.48. The summed E-state index contributed by atoms with van der Waals surface area (Å²) < 4.78 is 3.29. The van der Waals surface area contributed by atoms with Gasteiger partial charge in [0.15, 0.2) is 5.16 Å². The molecule has 4 aromatic rings. The number of hydrogen-bond donors (Lipinski definition) is 2. The van der Waals surface area contributed by atoms with Gasteiger partial charge in [-0.1, -0.05) is 56.8 Å². The SMILES string of the molecule is CCc1ccc(-n2c(=O)c3ccccc3n3c(SCC(=O)NC(=O)NCC(C)C)nnc23)cc1. The van der Waals surface area contributed by atoms with E-state index in [1.807, 2.05) is 50.2 Å². The third-order valence-corrected chi connectivity index (χ3v) is 6.18. The van der Waals surface area contributed by atoms with Gasteiger partial charge >= 0.3 is 6.03 Å². The Morgan fingerprint density at radius 3 is 2.50 bits per heavy atom. The largest absolute Gasteiger partial charge is 0.338 e. The standard InChI is InChI=1S/C24H26N6O3S/c1-4-16-9-11-17(12-10-16)29-21(32)18-7-5-6-8-19(18)30-23(29)27-28-24(30)34-14-20(31)26-22(33)25-13-15(2)3/h5-12,15H,4,13-14H2,1-3H3,(H2,25,26,31,33). The minimum atomic E-state index is -0.528. The number of nitrogens with zero attached hydrogens (tertiary/aromatic N) is 4. The molecule has 0 radical (unpaired) electrons. The molecular formula is C24H26N6O3S. The van der Waals surface area contributed by atoms with Gasteiger partial charge in [-0.3, -0.25) is 19.3 Å².